The lowest BCUT2D eigenvalue weighted by atomic mass is 9.89. The number of pyridine rings is 1. The fraction of sp³-hybridized carbons (Fsp3) is 0.333. The molecule has 7 heteroatoms. The van der Waals surface area contributed by atoms with E-state index in [0.717, 1.165) is 29.7 Å². The monoisotopic (exact) mass is 393 g/mol. The smallest absolute Gasteiger partial charge is 0.261 e. The number of benzene rings is 1. The van der Waals surface area contributed by atoms with Gasteiger partial charge >= 0.3 is 0 Å². The molecule has 0 saturated heterocycles. The van der Waals surface area contributed by atoms with Gasteiger partial charge in [-0.15, -0.1) is 5.10 Å². The van der Waals surface area contributed by atoms with Gasteiger partial charge in [0.1, 0.15) is 0 Å². The van der Waals surface area contributed by atoms with E-state index in [0.29, 0.717) is 28.6 Å². The average Bonchev–Trinajstić information content (AvgIpc) is 3.17. The highest BCUT2D eigenvalue weighted by Gasteiger charge is 2.21. The molecular weight excluding hydrogens is 374 g/mol. The van der Waals surface area contributed by atoms with Crippen LogP contribution in [0.2, 0.25) is 5.02 Å². The second-order valence-corrected chi connectivity index (χ2v) is 7.82. The fourth-order valence-corrected chi connectivity index (χ4v) is 4.24. The molecule has 0 amide bonds. The molecule has 3 heterocycles. The zero-order valence-corrected chi connectivity index (χ0v) is 16.1. The Bertz CT molecular complexity index is 1220. The molecule has 1 aliphatic rings. The zero-order valence-electron chi connectivity index (χ0n) is 15.4. The summed E-state index contributed by atoms with van der Waals surface area (Å²) < 4.78 is 3.36. The molecule has 28 heavy (non-hydrogen) atoms. The fourth-order valence-electron chi connectivity index (χ4n) is 4.04. The second-order valence-electron chi connectivity index (χ2n) is 7.41. The van der Waals surface area contributed by atoms with Gasteiger partial charge in [0.2, 0.25) is 0 Å². The highest BCUT2D eigenvalue weighted by molar-refractivity contribution is 6.31. The summed E-state index contributed by atoms with van der Waals surface area (Å²) in [5, 5.41) is 5.89. The summed E-state index contributed by atoms with van der Waals surface area (Å²) in [4.78, 5) is 22.0. The topological polar surface area (TPSA) is 65.1 Å². The molecule has 0 unspecified atom stereocenters. The number of nitrogens with zero attached hydrogens (tertiary/aromatic N) is 5. The van der Waals surface area contributed by atoms with Gasteiger partial charge in [-0.2, -0.15) is 9.50 Å². The van der Waals surface area contributed by atoms with Crippen LogP contribution in [0.25, 0.3) is 16.7 Å². The van der Waals surface area contributed by atoms with Crippen molar-refractivity contribution >= 4 is 28.3 Å². The van der Waals surface area contributed by atoms with Crippen molar-refractivity contribution in [2.24, 2.45) is 0 Å². The van der Waals surface area contributed by atoms with E-state index < -0.39 is 0 Å². The summed E-state index contributed by atoms with van der Waals surface area (Å²) in [6.45, 7) is 0.414. The van der Waals surface area contributed by atoms with Crippen molar-refractivity contribution in [3.8, 4) is 0 Å². The van der Waals surface area contributed by atoms with Crippen molar-refractivity contribution in [3.05, 3.63) is 69.5 Å². The van der Waals surface area contributed by atoms with Gasteiger partial charge in [-0.05, 0) is 30.5 Å². The molecule has 0 N–H and O–H groups in total. The SMILES string of the molecule is O=c1c2cnc3nc(C4CCCCC4)nn3c2ccn1Cc1ccccc1Cl. The third kappa shape index (κ3) is 2.98. The quantitative estimate of drug-likeness (QED) is 0.523. The summed E-state index contributed by atoms with van der Waals surface area (Å²) in [5.41, 5.74) is 1.53. The van der Waals surface area contributed by atoms with Crippen LogP contribution >= 0.6 is 11.6 Å². The van der Waals surface area contributed by atoms with Crippen LogP contribution in [-0.2, 0) is 6.54 Å². The average molecular weight is 394 g/mol. The van der Waals surface area contributed by atoms with Gasteiger partial charge in [0.15, 0.2) is 5.82 Å². The van der Waals surface area contributed by atoms with Crippen LogP contribution in [0.3, 0.4) is 0 Å². The van der Waals surface area contributed by atoms with Gasteiger partial charge in [0.05, 0.1) is 17.4 Å². The Morgan fingerprint density at radius 2 is 1.93 bits per heavy atom. The van der Waals surface area contributed by atoms with Gasteiger partial charge < -0.3 is 4.57 Å². The molecule has 1 aromatic carbocycles. The highest BCUT2D eigenvalue weighted by Crippen LogP contribution is 2.31. The Kier molecular flexibility index (Phi) is 4.36. The zero-order chi connectivity index (χ0) is 19.1. The number of hydrogen-bond donors (Lipinski definition) is 0. The van der Waals surface area contributed by atoms with E-state index in [1.54, 1.807) is 21.5 Å². The predicted molar refractivity (Wildman–Crippen MR) is 109 cm³/mol. The van der Waals surface area contributed by atoms with Crippen LogP contribution in [0.5, 0.6) is 0 Å². The number of halogens is 1. The number of aromatic nitrogens is 5. The minimum atomic E-state index is -0.110. The van der Waals surface area contributed by atoms with E-state index in [9.17, 15) is 4.79 Å². The molecule has 142 valence electrons. The Labute approximate surface area is 166 Å². The van der Waals surface area contributed by atoms with Crippen molar-refractivity contribution in [1.82, 2.24) is 24.1 Å². The summed E-state index contributed by atoms with van der Waals surface area (Å²) in [7, 11) is 0. The van der Waals surface area contributed by atoms with Crippen LogP contribution in [0.4, 0.5) is 0 Å². The molecule has 4 aromatic rings. The first kappa shape index (κ1) is 17.4. The normalized spacial score (nSPS) is 15.5. The predicted octanol–water partition coefficient (Wildman–Crippen LogP) is 4.19. The molecule has 0 atom stereocenters. The summed E-state index contributed by atoms with van der Waals surface area (Å²) in [6, 6.07) is 9.46. The molecule has 0 bridgehead atoms. The standard InChI is InChI=1S/C21H20ClN5O/c22-17-9-5-4-8-15(17)13-26-11-10-18-16(20(26)28)12-23-21-24-19(25-27(18)21)14-6-2-1-3-7-14/h4-5,8-12,14H,1-3,6-7,13H2. The molecule has 5 rings (SSSR count). The van der Waals surface area contributed by atoms with Gasteiger partial charge in [-0.1, -0.05) is 49.1 Å². The molecule has 6 nitrogen and oxygen atoms in total. The van der Waals surface area contributed by atoms with E-state index >= 15 is 0 Å². The maximum Gasteiger partial charge on any atom is 0.261 e. The lowest BCUT2D eigenvalue weighted by Crippen LogP contribution is -2.21. The Hall–Kier alpha value is -2.73. The number of hydrogen-bond acceptors (Lipinski definition) is 4. The molecule has 0 radical (unpaired) electrons. The minimum Gasteiger partial charge on any atom is -0.310 e. The number of fused-ring (bicyclic) bond motifs is 3. The third-order valence-corrected chi connectivity index (χ3v) is 5.96. The van der Waals surface area contributed by atoms with E-state index in [-0.39, 0.29) is 5.56 Å². The van der Waals surface area contributed by atoms with Crippen LogP contribution in [0.1, 0.15) is 49.4 Å². The van der Waals surface area contributed by atoms with Crippen molar-refractivity contribution in [2.75, 3.05) is 0 Å². The summed E-state index contributed by atoms with van der Waals surface area (Å²) in [6.07, 6.45) is 9.38. The van der Waals surface area contributed by atoms with Gasteiger partial charge in [0, 0.05) is 23.3 Å². The van der Waals surface area contributed by atoms with Crippen LogP contribution in [0, 0.1) is 0 Å². The Morgan fingerprint density at radius 1 is 1.11 bits per heavy atom. The lowest BCUT2D eigenvalue weighted by Gasteiger charge is -2.17. The van der Waals surface area contributed by atoms with Crippen molar-refractivity contribution < 1.29 is 0 Å². The molecule has 0 aliphatic heterocycles. The van der Waals surface area contributed by atoms with Gasteiger partial charge in [-0.3, -0.25) is 4.79 Å². The van der Waals surface area contributed by atoms with Crippen molar-refractivity contribution in [1.29, 1.82) is 0 Å². The summed E-state index contributed by atoms with van der Waals surface area (Å²) >= 11 is 6.25. The maximum atomic E-state index is 13.0. The van der Waals surface area contributed by atoms with Gasteiger partial charge in [-0.25, -0.2) is 4.98 Å². The Morgan fingerprint density at radius 3 is 2.75 bits per heavy atom. The molecule has 1 saturated carbocycles. The van der Waals surface area contributed by atoms with E-state index in [1.807, 2.05) is 30.3 Å². The van der Waals surface area contributed by atoms with E-state index in [1.165, 1.54) is 19.3 Å². The molecular formula is C21H20ClN5O. The summed E-state index contributed by atoms with van der Waals surface area (Å²) in [5.74, 6) is 1.79. The molecule has 3 aromatic heterocycles. The highest BCUT2D eigenvalue weighted by atomic mass is 35.5. The first-order chi connectivity index (χ1) is 13.7. The lowest BCUT2D eigenvalue weighted by molar-refractivity contribution is 0.429. The van der Waals surface area contributed by atoms with Crippen molar-refractivity contribution in [2.45, 2.75) is 44.6 Å². The molecule has 1 aliphatic carbocycles. The minimum absolute atomic E-state index is 0.110. The molecule has 1 fully saturated rings. The molecule has 0 spiro atoms. The first-order valence-corrected chi connectivity index (χ1v) is 10.1. The van der Waals surface area contributed by atoms with Crippen LogP contribution in [0.15, 0.2) is 47.5 Å². The Balaban J connectivity index is 1.58. The maximum absolute atomic E-state index is 13.0. The first-order valence-electron chi connectivity index (χ1n) is 9.69. The van der Waals surface area contributed by atoms with Gasteiger partial charge in [0.25, 0.3) is 11.3 Å². The van der Waals surface area contributed by atoms with Crippen molar-refractivity contribution in [3.63, 3.8) is 0 Å². The van der Waals surface area contributed by atoms with Crippen LogP contribution < -0.4 is 5.56 Å². The third-order valence-electron chi connectivity index (χ3n) is 5.59. The largest absolute Gasteiger partial charge is 0.310 e. The number of rotatable bonds is 3. The van der Waals surface area contributed by atoms with E-state index in [4.69, 9.17) is 16.7 Å². The second kappa shape index (κ2) is 7.02. The van der Waals surface area contributed by atoms with E-state index in [2.05, 4.69) is 9.97 Å². The van der Waals surface area contributed by atoms with Crippen LogP contribution in [-0.4, -0.2) is 24.1 Å².